The van der Waals surface area contributed by atoms with Crippen LogP contribution in [0.1, 0.15) is 5.56 Å². The van der Waals surface area contributed by atoms with Gasteiger partial charge in [0, 0.05) is 21.2 Å². The summed E-state index contributed by atoms with van der Waals surface area (Å²) in [6, 6.07) is 7.80. The minimum atomic E-state index is -5.55. The van der Waals surface area contributed by atoms with Crippen LogP contribution in [0.4, 0.5) is 0 Å². The van der Waals surface area contributed by atoms with Gasteiger partial charge >= 0.3 is 7.82 Å². The molecule has 0 bridgehead atoms. The molecule has 6 atom stereocenters. The Hall–Kier alpha value is -1.93. The van der Waals surface area contributed by atoms with Crippen molar-refractivity contribution in [3.05, 3.63) is 62.4 Å². The first-order valence-electron chi connectivity index (χ1n) is 9.93. The summed E-state index contributed by atoms with van der Waals surface area (Å²) in [7, 11) is -5.55. The second-order valence-corrected chi connectivity index (χ2v) is 10.0. The maximum Gasteiger partial charge on any atom is 0.470 e. The number of benzene rings is 2. The number of nitrogens with one attached hydrogen (secondary N) is 1. The van der Waals surface area contributed by atoms with Crippen LogP contribution < -0.4 is 5.56 Å². The molecule has 12 nitrogen and oxygen atoms in total. The number of rotatable bonds is 4. The van der Waals surface area contributed by atoms with Crippen molar-refractivity contribution in [3.63, 3.8) is 0 Å². The number of aromatic nitrogens is 2. The molecule has 1 aromatic heterocycles. The third kappa shape index (κ3) is 4.52. The highest BCUT2D eigenvalue weighted by Gasteiger charge is 2.63. The van der Waals surface area contributed by atoms with E-state index in [-0.39, 0.29) is 32.3 Å². The predicted octanol–water partition coefficient (Wildman–Crippen LogP) is 0.0196. The number of hydrogen-bond donors (Lipinski definition) is 8. The average molecular weight is 549 g/mol. The number of phosphoric acid groups is 1. The normalized spacial score (nSPS) is 29.5. The molecule has 1 aliphatic carbocycles. The number of hydrogen-bond acceptors (Lipinski definition) is 9. The molecule has 1 saturated carbocycles. The van der Waals surface area contributed by atoms with Gasteiger partial charge in [-0.15, -0.1) is 0 Å². The van der Waals surface area contributed by atoms with Crippen molar-refractivity contribution in [2.75, 3.05) is 0 Å². The highest BCUT2D eigenvalue weighted by molar-refractivity contribution is 7.46. The molecular formula is C20H19Cl2N2O10P. The lowest BCUT2D eigenvalue weighted by Gasteiger charge is -2.50. The van der Waals surface area contributed by atoms with Crippen LogP contribution in [0.5, 0.6) is 0 Å². The van der Waals surface area contributed by atoms with Gasteiger partial charge in [-0.2, -0.15) is 0 Å². The molecular weight excluding hydrogens is 530 g/mol. The van der Waals surface area contributed by atoms with Crippen LogP contribution in [0.25, 0.3) is 22.3 Å². The highest BCUT2D eigenvalue weighted by Crippen LogP contribution is 2.54. The molecule has 1 aliphatic rings. The fraction of sp³-hybridized carbons (Fsp3) is 0.300. The molecule has 8 N–H and O–H groups in total. The number of H-pyrrole nitrogens is 1. The van der Waals surface area contributed by atoms with E-state index in [1.807, 2.05) is 0 Å². The Balaban J connectivity index is 2.05. The summed E-state index contributed by atoms with van der Waals surface area (Å²) >= 11 is 12.1. The van der Waals surface area contributed by atoms with E-state index in [1.165, 1.54) is 30.3 Å². The number of aromatic amines is 1. The van der Waals surface area contributed by atoms with Crippen molar-refractivity contribution >= 4 is 41.9 Å². The van der Waals surface area contributed by atoms with Gasteiger partial charge in [-0.3, -0.25) is 9.32 Å². The number of phosphoric ester groups is 1. The van der Waals surface area contributed by atoms with Gasteiger partial charge in [-0.05, 0) is 30.3 Å². The molecule has 35 heavy (non-hydrogen) atoms. The first kappa shape index (κ1) is 26.1. The Morgan fingerprint density at radius 3 is 2.09 bits per heavy atom. The molecule has 4 rings (SSSR count). The van der Waals surface area contributed by atoms with Crippen molar-refractivity contribution < 1.29 is 44.4 Å². The van der Waals surface area contributed by atoms with E-state index in [1.54, 1.807) is 0 Å². The number of halogens is 2. The lowest BCUT2D eigenvalue weighted by molar-refractivity contribution is -0.267. The van der Waals surface area contributed by atoms with Crippen molar-refractivity contribution in [1.82, 2.24) is 9.97 Å². The third-order valence-corrected chi connectivity index (χ3v) is 6.83. The van der Waals surface area contributed by atoms with Gasteiger partial charge in [0.1, 0.15) is 36.3 Å². The Labute approximate surface area is 206 Å². The van der Waals surface area contributed by atoms with Gasteiger partial charge in [0.05, 0.1) is 10.9 Å². The largest absolute Gasteiger partial charge is 0.470 e. The summed E-state index contributed by atoms with van der Waals surface area (Å²) in [6.45, 7) is 0. The smallest absolute Gasteiger partial charge is 0.387 e. The predicted molar refractivity (Wildman–Crippen MR) is 123 cm³/mol. The molecule has 2 unspecified atom stereocenters. The second-order valence-electron chi connectivity index (χ2n) is 8.00. The van der Waals surface area contributed by atoms with E-state index in [2.05, 4.69) is 9.97 Å². The lowest BCUT2D eigenvalue weighted by Crippen LogP contribution is -2.69. The van der Waals surface area contributed by atoms with Crippen LogP contribution in [0, 0.1) is 0 Å². The second kappa shape index (κ2) is 9.18. The molecule has 188 valence electrons. The van der Waals surface area contributed by atoms with Gasteiger partial charge in [0.2, 0.25) is 0 Å². The Morgan fingerprint density at radius 1 is 0.914 bits per heavy atom. The van der Waals surface area contributed by atoms with Crippen LogP contribution in [0.2, 0.25) is 10.0 Å². The van der Waals surface area contributed by atoms with Crippen LogP contribution in [-0.2, 0) is 14.7 Å². The number of aliphatic hydroxyl groups is 5. The Bertz CT molecular complexity index is 1380. The quantitative estimate of drug-likeness (QED) is 0.203. The molecule has 2 aromatic carbocycles. The van der Waals surface area contributed by atoms with Gasteiger partial charge in [-0.25, -0.2) is 9.55 Å². The van der Waals surface area contributed by atoms with Crippen LogP contribution in [0.15, 0.2) is 41.2 Å². The van der Waals surface area contributed by atoms with Crippen molar-refractivity contribution in [1.29, 1.82) is 0 Å². The topological polar surface area (TPSA) is 214 Å². The summed E-state index contributed by atoms with van der Waals surface area (Å²) in [4.78, 5) is 38.8. The standard InChI is InChI=1S/C20H19Cl2N2O10P/c21-7-1-3-11(9(5-7)18-23-12-4-2-8(22)6-10(12)19(30)24-18)20(34-35(31,32)33)16(28)14(26)13(25)15(27)17(20)29/h1-6,13-17,25-29H,(H,23,24,30)(H2,31,32,33)/t13?,14-,15+,16-,17-,20?/m0/s1. The highest BCUT2D eigenvalue weighted by atomic mass is 35.5. The van der Waals surface area contributed by atoms with Crippen LogP contribution >= 0.6 is 31.0 Å². The van der Waals surface area contributed by atoms with E-state index in [9.17, 15) is 44.7 Å². The fourth-order valence-corrected chi connectivity index (χ4v) is 5.27. The summed E-state index contributed by atoms with van der Waals surface area (Å²) in [6.07, 6.45) is -11.3. The number of nitrogens with zero attached hydrogens (tertiary/aromatic N) is 1. The number of fused-ring (bicyclic) bond motifs is 1. The van der Waals surface area contributed by atoms with Crippen LogP contribution in [0.3, 0.4) is 0 Å². The molecule has 1 heterocycles. The molecule has 0 saturated heterocycles. The zero-order valence-corrected chi connectivity index (χ0v) is 19.8. The molecule has 0 spiro atoms. The van der Waals surface area contributed by atoms with Crippen molar-refractivity contribution in [2.24, 2.45) is 0 Å². The third-order valence-electron chi connectivity index (χ3n) is 5.82. The molecule has 0 amide bonds. The summed E-state index contributed by atoms with van der Waals surface area (Å²) < 4.78 is 16.8. The molecule has 1 fully saturated rings. The Kier molecular flexibility index (Phi) is 6.86. The first-order chi connectivity index (χ1) is 16.3. The summed E-state index contributed by atoms with van der Waals surface area (Å²) in [5.74, 6) is -0.217. The average Bonchev–Trinajstić information content (AvgIpc) is 2.79. The van der Waals surface area contributed by atoms with E-state index in [0.29, 0.717) is 0 Å². The maximum absolute atomic E-state index is 12.7. The maximum atomic E-state index is 12.7. The fourth-order valence-electron chi connectivity index (χ4n) is 4.22. The lowest BCUT2D eigenvalue weighted by atomic mass is 9.70. The van der Waals surface area contributed by atoms with Crippen molar-refractivity contribution in [2.45, 2.75) is 36.1 Å². The summed E-state index contributed by atoms with van der Waals surface area (Å²) in [5, 5.41) is 52.9. The Morgan fingerprint density at radius 2 is 1.49 bits per heavy atom. The van der Waals surface area contributed by atoms with E-state index in [0.717, 1.165) is 6.07 Å². The summed E-state index contributed by atoms with van der Waals surface area (Å²) in [5.41, 5.74) is -3.97. The van der Waals surface area contributed by atoms with E-state index < -0.39 is 55.1 Å². The van der Waals surface area contributed by atoms with Crippen molar-refractivity contribution in [3.8, 4) is 11.4 Å². The minimum Gasteiger partial charge on any atom is -0.387 e. The molecule has 0 radical (unpaired) electrons. The zero-order chi connectivity index (χ0) is 25.9. The van der Waals surface area contributed by atoms with E-state index in [4.69, 9.17) is 27.7 Å². The SMILES string of the molecule is O=c1[nH]c(-c2cc(Cl)ccc2C2(OP(=O)(O)O)[C@@H](O)[C@H](O)C(O)[C@H](O)[C@@H]2O)nc2ccc(Cl)cc12. The van der Waals surface area contributed by atoms with Gasteiger partial charge in [-0.1, -0.05) is 29.3 Å². The molecule has 3 aromatic rings. The van der Waals surface area contributed by atoms with Crippen LogP contribution in [-0.4, -0.2) is 75.8 Å². The monoisotopic (exact) mass is 548 g/mol. The zero-order valence-electron chi connectivity index (χ0n) is 17.4. The first-order valence-corrected chi connectivity index (χ1v) is 12.2. The van der Waals surface area contributed by atoms with Gasteiger partial charge in [0.25, 0.3) is 5.56 Å². The van der Waals surface area contributed by atoms with E-state index >= 15 is 0 Å². The van der Waals surface area contributed by atoms with Gasteiger partial charge < -0.3 is 40.3 Å². The molecule has 15 heteroatoms. The molecule has 0 aliphatic heterocycles. The minimum absolute atomic E-state index is 0.0508. The number of aliphatic hydroxyl groups excluding tert-OH is 5. The van der Waals surface area contributed by atoms with Gasteiger partial charge in [0.15, 0.2) is 5.60 Å².